The summed E-state index contributed by atoms with van der Waals surface area (Å²) in [5, 5.41) is 0. The van der Waals surface area contributed by atoms with Crippen molar-refractivity contribution in [2.24, 2.45) is 5.92 Å². The Balaban J connectivity index is 2.51. The molecular weight excluding hydrogens is 182 g/mol. The third kappa shape index (κ3) is 1.24. The molecule has 1 saturated carbocycles. The quantitative estimate of drug-likeness (QED) is 0.677. The first-order chi connectivity index (χ1) is 6.58. The van der Waals surface area contributed by atoms with Crippen molar-refractivity contribution in [2.45, 2.75) is 32.1 Å². The fourth-order valence-electron chi connectivity index (χ4n) is 2.22. The summed E-state index contributed by atoms with van der Waals surface area (Å²) in [7, 11) is 0. The van der Waals surface area contributed by atoms with Crippen molar-refractivity contribution < 1.29 is 8.78 Å². The van der Waals surface area contributed by atoms with E-state index in [9.17, 15) is 8.78 Å². The van der Waals surface area contributed by atoms with Crippen molar-refractivity contribution in [2.75, 3.05) is 0 Å². The minimum atomic E-state index is -0.392. The van der Waals surface area contributed by atoms with Gasteiger partial charge in [0.15, 0.2) is 0 Å². The summed E-state index contributed by atoms with van der Waals surface area (Å²) in [5.74, 6) is -0.485. The summed E-state index contributed by atoms with van der Waals surface area (Å²) < 4.78 is 27.0. The molecule has 0 spiro atoms. The van der Waals surface area contributed by atoms with Gasteiger partial charge in [-0.2, -0.15) is 0 Å². The van der Waals surface area contributed by atoms with E-state index in [1.54, 1.807) is 0 Å². The van der Waals surface area contributed by atoms with Crippen LogP contribution in [-0.4, -0.2) is 0 Å². The molecule has 0 aromatic heterocycles. The number of halogens is 2. The highest BCUT2D eigenvalue weighted by molar-refractivity contribution is 5.34. The number of benzene rings is 1. The predicted octanol–water partition coefficient (Wildman–Crippen LogP) is 3.65. The van der Waals surface area contributed by atoms with E-state index in [0.717, 1.165) is 12.8 Å². The standard InChI is InChI=1S/C12H14F2/c1-8(2)12(6-7-12)11-9(13)4-3-5-10(11)14/h3-5,8H,6-7H2,1-2H3. The zero-order valence-electron chi connectivity index (χ0n) is 8.48. The van der Waals surface area contributed by atoms with Crippen LogP contribution in [0.1, 0.15) is 32.3 Å². The van der Waals surface area contributed by atoms with Crippen LogP contribution in [0.4, 0.5) is 8.78 Å². The van der Waals surface area contributed by atoms with Gasteiger partial charge in [0.05, 0.1) is 0 Å². The van der Waals surface area contributed by atoms with Crippen LogP contribution in [0.25, 0.3) is 0 Å². The van der Waals surface area contributed by atoms with Gasteiger partial charge < -0.3 is 0 Å². The normalized spacial score (nSPS) is 18.6. The predicted molar refractivity (Wildman–Crippen MR) is 52.1 cm³/mol. The van der Waals surface area contributed by atoms with Gasteiger partial charge in [-0.3, -0.25) is 0 Å². The summed E-state index contributed by atoms with van der Waals surface area (Å²) >= 11 is 0. The first-order valence-corrected chi connectivity index (χ1v) is 5.02. The molecule has 0 unspecified atom stereocenters. The Morgan fingerprint density at radius 2 is 1.64 bits per heavy atom. The molecule has 1 aromatic carbocycles. The summed E-state index contributed by atoms with van der Waals surface area (Å²) in [6, 6.07) is 4.12. The molecule has 0 N–H and O–H groups in total. The van der Waals surface area contributed by atoms with Gasteiger partial charge >= 0.3 is 0 Å². The van der Waals surface area contributed by atoms with E-state index < -0.39 is 11.6 Å². The molecule has 2 heteroatoms. The van der Waals surface area contributed by atoms with Crippen LogP contribution in [0.3, 0.4) is 0 Å². The van der Waals surface area contributed by atoms with Crippen LogP contribution in [-0.2, 0) is 5.41 Å². The van der Waals surface area contributed by atoms with Crippen LogP contribution in [0, 0.1) is 17.6 Å². The van der Waals surface area contributed by atoms with Crippen LogP contribution in [0.5, 0.6) is 0 Å². The highest BCUT2D eigenvalue weighted by atomic mass is 19.1. The third-order valence-electron chi connectivity index (χ3n) is 3.35. The Bertz CT molecular complexity index is 331. The number of hydrogen-bond donors (Lipinski definition) is 0. The molecule has 0 nitrogen and oxygen atoms in total. The van der Waals surface area contributed by atoms with Crippen molar-refractivity contribution in [1.29, 1.82) is 0 Å². The molecule has 1 fully saturated rings. The van der Waals surface area contributed by atoms with Gasteiger partial charge in [0.1, 0.15) is 11.6 Å². The van der Waals surface area contributed by atoms with Gasteiger partial charge in [0.2, 0.25) is 0 Å². The van der Waals surface area contributed by atoms with Crippen LogP contribution in [0.2, 0.25) is 0 Å². The molecule has 0 heterocycles. The largest absolute Gasteiger partial charge is 0.207 e. The van der Waals surface area contributed by atoms with Gasteiger partial charge in [0.25, 0.3) is 0 Å². The van der Waals surface area contributed by atoms with Crippen molar-refractivity contribution >= 4 is 0 Å². The fraction of sp³-hybridized carbons (Fsp3) is 0.500. The Morgan fingerprint density at radius 1 is 1.14 bits per heavy atom. The third-order valence-corrected chi connectivity index (χ3v) is 3.35. The second kappa shape index (κ2) is 3.04. The molecular formula is C12H14F2. The fourth-order valence-corrected chi connectivity index (χ4v) is 2.22. The average molecular weight is 196 g/mol. The Labute approximate surface area is 82.9 Å². The van der Waals surface area contributed by atoms with Crippen LogP contribution >= 0.6 is 0 Å². The molecule has 1 aromatic rings. The second-order valence-electron chi connectivity index (χ2n) is 4.41. The highest BCUT2D eigenvalue weighted by Crippen LogP contribution is 2.55. The van der Waals surface area contributed by atoms with E-state index in [-0.39, 0.29) is 5.41 Å². The van der Waals surface area contributed by atoms with E-state index in [0.29, 0.717) is 11.5 Å². The lowest BCUT2D eigenvalue weighted by atomic mass is 9.84. The lowest BCUT2D eigenvalue weighted by molar-refractivity contribution is 0.429. The van der Waals surface area contributed by atoms with E-state index in [1.807, 2.05) is 13.8 Å². The summed E-state index contributed by atoms with van der Waals surface area (Å²) in [5.41, 5.74) is 0.0742. The molecule has 0 aliphatic heterocycles. The van der Waals surface area contributed by atoms with Crippen molar-refractivity contribution in [1.82, 2.24) is 0 Å². The maximum absolute atomic E-state index is 13.5. The molecule has 0 radical (unpaired) electrons. The first kappa shape index (κ1) is 9.63. The van der Waals surface area contributed by atoms with E-state index in [2.05, 4.69) is 0 Å². The molecule has 0 atom stereocenters. The van der Waals surface area contributed by atoms with E-state index >= 15 is 0 Å². The van der Waals surface area contributed by atoms with Crippen LogP contribution < -0.4 is 0 Å². The van der Waals surface area contributed by atoms with Gasteiger partial charge in [-0.05, 0) is 30.9 Å². The second-order valence-corrected chi connectivity index (χ2v) is 4.41. The Morgan fingerprint density at radius 3 is 2.00 bits per heavy atom. The topological polar surface area (TPSA) is 0 Å². The van der Waals surface area contributed by atoms with Gasteiger partial charge in [-0.25, -0.2) is 8.78 Å². The zero-order valence-corrected chi connectivity index (χ0v) is 8.48. The Hall–Kier alpha value is -0.920. The van der Waals surface area contributed by atoms with E-state index in [1.165, 1.54) is 18.2 Å². The molecule has 0 bridgehead atoms. The molecule has 76 valence electrons. The lowest BCUT2D eigenvalue weighted by Crippen LogP contribution is -2.18. The zero-order chi connectivity index (χ0) is 10.3. The molecule has 0 saturated heterocycles. The number of rotatable bonds is 2. The smallest absolute Gasteiger partial charge is 0.129 e. The summed E-state index contributed by atoms with van der Waals surface area (Å²) in [6.07, 6.45) is 1.81. The van der Waals surface area contributed by atoms with E-state index in [4.69, 9.17) is 0 Å². The maximum atomic E-state index is 13.5. The SMILES string of the molecule is CC(C)C1(c2c(F)cccc2F)CC1. The molecule has 2 rings (SSSR count). The van der Waals surface area contributed by atoms with Crippen molar-refractivity contribution in [3.8, 4) is 0 Å². The molecule has 14 heavy (non-hydrogen) atoms. The minimum Gasteiger partial charge on any atom is -0.207 e. The van der Waals surface area contributed by atoms with Crippen molar-refractivity contribution in [3.05, 3.63) is 35.4 Å². The maximum Gasteiger partial charge on any atom is 0.129 e. The number of hydrogen-bond acceptors (Lipinski definition) is 0. The minimum absolute atomic E-state index is 0.227. The van der Waals surface area contributed by atoms with Gasteiger partial charge in [-0.1, -0.05) is 19.9 Å². The molecule has 1 aliphatic rings. The van der Waals surface area contributed by atoms with Gasteiger partial charge in [0, 0.05) is 11.0 Å². The summed E-state index contributed by atoms with van der Waals surface area (Å²) in [4.78, 5) is 0. The highest BCUT2D eigenvalue weighted by Gasteiger charge is 2.49. The average Bonchev–Trinajstić information content (AvgIpc) is 2.85. The lowest BCUT2D eigenvalue weighted by Gasteiger charge is -2.21. The van der Waals surface area contributed by atoms with Crippen molar-refractivity contribution in [3.63, 3.8) is 0 Å². The molecule has 1 aliphatic carbocycles. The molecule has 0 amide bonds. The monoisotopic (exact) mass is 196 g/mol. The van der Waals surface area contributed by atoms with Gasteiger partial charge in [-0.15, -0.1) is 0 Å². The Kier molecular flexibility index (Phi) is 2.09. The van der Waals surface area contributed by atoms with Crippen LogP contribution in [0.15, 0.2) is 18.2 Å². The summed E-state index contributed by atoms with van der Waals surface area (Å²) in [6.45, 7) is 4.05. The first-order valence-electron chi connectivity index (χ1n) is 5.02.